The van der Waals surface area contributed by atoms with Gasteiger partial charge in [0.2, 0.25) is 0 Å². The van der Waals surface area contributed by atoms with Gasteiger partial charge < -0.3 is 14.7 Å². The van der Waals surface area contributed by atoms with Crippen molar-refractivity contribution in [3.05, 3.63) is 93.6 Å². The lowest BCUT2D eigenvalue weighted by atomic mass is 9.84. The average molecular weight is 586 g/mol. The van der Waals surface area contributed by atoms with E-state index in [1.165, 1.54) is 7.41 Å². The molecule has 1 radical (unpaired) electrons. The van der Waals surface area contributed by atoms with Gasteiger partial charge in [-0.3, -0.25) is 4.79 Å². The maximum absolute atomic E-state index is 13.7. The van der Waals surface area contributed by atoms with Crippen LogP contribution in [0, 0.1) is 11.8 Å². The molecule has 1 fully saturated rings. The van der Waals surface area contributed by atoms with Gasteiger partial charge in [0.1, 0.15) is 17.1 Å². The van der Waals surface area contributed by atoms with E-state index in [1.54, 1.807) is 0 Å². The number of piperidine rings is 1. The Morgan fingerprint density at radius 1 is 1.02 bits per heavy atom. The highest BCUT2D eigenvalue weighted by Gasteiger charge is 2.35. The van der Waals surface area contributed by atoms with E-state index in [1.807, 2.05) is 29.1 Å². The number of hydrogen-bond donors (Lipinski definition) is 1. The van der Waals surface area contributed by atoms with E-state index in [4.69, 9.17) is 5.11 Å². The van der Waals surface area contributed by atoms with Crippen molar-refractivity contribution in [1.29, 1.82) is 0 Å². The molecule has 42 heavy (non-hydrogen) atoms. The van der Waals surface area contributed by atoms with Crippen molar-refractivity contribution in [2.45, 2.75) is 44.0 Å². The van der Waals surface area contributed by atoms with Gasteiger partial charge in [-0.05, 0) is 66.6 Å². The first kappa shape index (κ1) is 30.8. The standard InChI is InChI=1S/C29H23BF6N3O3/c31-28(32,33)23-7-5-22(15-27(41)42)21(14-23)6-8-25-24(29(34,35)36)16-37-26(38-25)13-18-1-3-19(4-2-18)20-9-11-39(12-10-20)30-17-40/h1-5,7,14,16-17,20H,9-13,15H2,(H,41,42). The molecular weight excluding hydrogens is 563 g/mol. The summed E-state index contributed by atoms with van der Waals surface area (Å²) in [4.78, 5) is 31.6. The number of carboxylic acids is 1. The van der Waals surface area contributed by atoms with Crippen molar-refractivity contribution in [1.82, 2.24) is 14.8 Å². The smallest absolute Gasteiger partial charge is 0.420 e. The molecule has 0 atom stereocenters. The van der Waals surface area contributed by atoms with Gasteiger partial charge >= 0.3 is 18.3 Å². The molecule has 1 aliphatic heterocycles. The van der Waals surface area contributed by atoms with Crippen LogP contribution >= 0.6 is 0 Å². The molecule has 0 spiro atoms. The van der Waals surface area contributed by atoms with Gasteiger partial charge in [-0.15, -0.1) is 0 Å². The summed E-state index contributed by atoms with van der Waals surface area (Å²) in [7, 11) is 1.52. The van der Waals surface area contributed by atoms with Gasteiger partial charge in [0.05, 0.1) is 18.2 Å². The van der Waals surface area contributed by atoms with Gasteiger partial charge in [0.15, 0.2) is 0 Å². The van der Waals surface area contributed by atoms with Gasteiger partial charge in [0, 0.05) is 18.2 Å². The molecule has 0 bridgehead atoms. The molecule has 13 heteroatoms. The molecule has 0 aliphatic carbocycles. The maximum atomic E-state index is 13.7. The highest BCUT2D eigenvalue weighted by molar-refractivity contribution is 6.64. The molecule has 1 saturated heterocycles. The zero-order chi connectivity index (χ0) is 30.5. The molecular formula is C29H23BF6N3O3. The minimum atomic E-state index is -4.89. The second-order valence-corrected chi connectivity index (χ2v) is 9.75. The first-order chi connectivity index (χ1) is 19.8. The lowest BCUT2D eigenvalue weighted by molar-refractivity contribution is -0.138. The summed E-state index contributed by atoms with van der Waals surface area (Å²) in [5.74, 6) is 3.47. The summed E-state index contributed by atoms with van der Waals surface area (Å²) in [5, 5.41) is 9.10. The number of benzene rings is 2. The van der Waals surface area contributed by atoms with Gasteiger partial charge in [0.25, 0.3) is 7.41 Å². The molecule has 217 valence electrons. The third kappa shape index (κ3) is 7.97. The lowest BCUT2D eigenvalue weighted by Crippen LogP contribution is -2.36. The number of aromatic nitrogens is 2. The Hall–Kier alpha value is -4.18. The fourth-order valence-corrected chi connectivity index (χ4v) is 4.68. The molecule has 0 saturated carbocycles. The molecule has 4 rings (SSSR count). The van der Waals surface area contributed by atoms with Crippen LogP contribution in [-0.2, 0) is 34.8 Å². The third-order valence-corrected chi connectivity index (χ3v) is 6.85. The predicted molar refractivity (Wildman–Crippen MR) is 141 cm³/mol. The summed E-state index contributed by atoms with van der Waals surface area (Å²) in [6.07, 6.45) is -7.17. The summed E-state index contributed by atoms with van der Waals surface area (Å²) in [6.45, 7) is 1.51. The number of rotatable bonds is 7. The third-order valence-electron chi connectivity index (χ3n) is 6.85. The number of aliphatic carboxylic acids is 1. The molecule has 2 heterocycles. The van der Waals surface area contributed by atoms with E-state index < -0.39 is 41.6 Å². The van der Waals surface area contributed by atoms with Crippen molar-refractivity contribution < 1.29 is 41.0 Å². The second kappa shape index (κ2) is 12.8. The zero-order valence-corrected chi connectivity index (χ0v) is 22.0. The molecule has 1 aliphatic rings. The van der Waals surface area contributed by atoms with Crippen molar-refractivity contribution in [2.24, 2.45) is 0 Å². The summed E-state index contributed by atoms with van der Waals surface area (Å²) >= 11 is 0. The zero-order valence-electron chi connectivity index (χ0n) is 22.0. The minimum Gasteiger partial charge on any atom is -0.481 e. The van der Waals surface area contributed by atoms with E-state index in [0.29, 0.717) is 24.2 Å². The molecule has 6 nitrogen and oxygen atoms in total. The molecule has 1 N–H and O–H groups in total. The fraction of sp³-hybridized carbons (Fsp3) is 0.310. The Bertz CT molecular complexity index is 1510. The van der Waals surface area contributed by atoms with Crippen LogP contribution in [0.2, 0.25) is 0 Å². The number of carbonyl (C=O) groups excluding carboxylic acids is 1. The van der Waals surface area contributed by atoms with Crippen LogP contribution in [0.4, 0.5) is 26.3 Å². The largest absolute Gasteiger partial charge is 0.481 e. The highest BCUT2D eigenvalue weighted by Crippen LogP contribution is 2.33. The average Bonchev–Trinajstić information content (AvgIpc) is 2.92. The van der Waals surface area contributed by atoms with Crippen molar-refractivity contribution >= 4 is 19.6 Å². The highest BCUT2D eigenvalue weighted by atomic mass is 19.4. The Balaban J connectivity index is 1.60. The van der Waals surface area contributed by atoms with Crippen LogP contribution in [0.5, 0.6) is 0 Å². The number of halogens is 6. The molecule has 0 unspecified atom stereocenters. The SMILES string of the molecule is O=C[B]N1CCC(c2ccc(Cc3ncc(C(F)(F)F)c(C#Cc4cc(C(F)(F)F)ccc4CC(=O)O)n3)cc2)CC1. The number of alkyl halides is 6. The van der Waals surface area contributed by atoms with E-state index >= 15 is 0 Å². The maximum Gasteiger partial charge on any atom is 0.420 e. The van der Waals surface area contributed by atoms with E-state index in [0.717, 1.165) is 49.3 Å². The topological polar surface area (TPSA) is 83.4 Å². The molecule has 0 amide bonds. The Labute approximate surface area is 238 Å². The van der Waals surface area contributed by atoms with Crippen LogP contribution in [0.1, 0.15) is 63.7 Å². The Kier molecular flexibility index (Phi) is 9.36. The monoisotopic (exact) mass is 586 g/mol. The summed E-state index contributed by atoms with van der Waals surface area (Å²) < 4.78 is 80.8. The Morgan fingerprint density at radius 2 is 1.71 bits per heavy atom. The lowest BCUT2D eigenvalue weighted by Gasteiger charge is -2.30. The normalized spacial score (nSPS) is 14.6. The number of nitrogens with zero attached hydrogens (tertiary/aromatic N) is 3. The second-order valence-electron chi connectivity index (χ2n) is 9.75. The number of carboxylic acid groups (broad SMARTS) is 1. The molecule has 2 aromatic carbocycles. The quantitative estimate of drug-likeness (QED) is 0.179. The van der Waals surface area contributed by atoms with Gasteiger partial charge in [-0.2, -0.15) is 26.3 Å². The number of hydrogen-bond acceptors (Lipinski definition) is 5. The van der Waals surface area contributed by atoms with Gasteiger partial charge in [-0.1, -0.05) is 36.3 Å². The number of carbonyl (C=O) groups is 2. The van der Waals surface area contributed by atoms with Crippen LogP contribution < -0.4 is 0 Å². The fourth-order valence-electron chi connectivity index (χ4n) is 4.68. The van der Waals surface area contributed by atoms with Crippen LogP contribution in [0.15, 0.2) is 48.7 Å². The van der Waals surface area contributed by atoms with Crippen LogP contribution in [0.25, 0.3) is 0 Å². The molecule has 3 aromatic rings. The van der Waals surface area contributed by atoms with Crippen molar-refractivity contribution in [3.63, 3.8) is 0 Å². The van der Waals surface area contributed by atoms with E-state index in [9.17, 15) is 35.9 Å². The van der Waals surface area contributed by atoms with Crippen LogP contribution in [0.3, 0.4) is 0 Å². The predicted octanol–water partition coefficient (Wildman–Crippen LogP) is 5.12. The van der Waals surface area contributed by atoms with Crippen molar-refractivity contribution in [3.8, 4) is 11.8 Å². The van der Waals surface area contributed by atoms with Gasteiger partial charge in [-0.25, -0.2) is 9.97 Å². The molecule has 1 aromatic heterocycles. The summed E-state index contributed by atoms with van der Waals surface area (Å²) in [5.41, 5.74) is -1.74. The van der Waals surface area contributed by atoms with Crippen LogP contribution in [-0.4, -0.2) is 52.5 Å². The van der Waals surface area contributed by atoms with E-state index in [2.05, 4.69) is 21.8 Å². The van der Waals surface area contributed by atoms with Crippen molar-refractivity contribution in [2.75, 3.05) is 13.1 Å². The first-order valence-corrected chi connectivity index (χ1v) is 12.8. The van der Waals surface area contributed by atoms with E-state index in [-0.39, 0.29) is 23.4 Å². The summed E-state index contributed by atoms with van der Waals surface area (Å²) in [6, 6.07) is 9.75. The minimum absolute atomic E-state index is 0.0209. The first-order valence-electron chi connectivity index (χ1n) is 12.8. The Morgan fingerprint density at radius 3 is 2.31 bits per heavy atom.